The van der Waals surface area contributed by atoms with Crippen molar-refractivity contribution in [1.82, 2.24) is 20.9 Å². The van der Waals surface area contributed by atoms with Crippen molar-refractivity contribution < 1.29 is 4.52 Å². The number of aromatic nitrogens is 1. The van der Waals surface area contributed by atoms with Crippen molar-refractivity contribution in [3.05, 3.63) is 42.2 Å². The maximum atomic E-state index is 5.50. The zero-order valence-electron chi connectivity index (χ0n) is 15.0. The third-order valence-corrected chi connectivity index (χ3v) is 4.61. The third-order valence-electron chi connectivity index (χ3n) is 4.61. The van der Waals surface area contributed by atoms with Crippen LogP contribution in [0.2, 0.25) is 0 Å². The average molecular weight is 328 g/mol. The van der Waals surface area contributed by atoms with Crippen LogP contribution < -0.4 is 10.9 Å². The Bertz CT molecular complexity index is 647. The highest BCUT2D eigenvalue weighted by Gasteiger charge is 2.32. The Hall–Kier alpha value is -1.69. The summed E-state index contributed by atoms with van der Waals surface area (Å²) in [7, 11) is 2.12. The summed E-state index contributed by atoms with van der Waals surface area (Å²) >= 11 is 0. The van der Waals surface area contributed by atoms with Crippen molar-refractivity contribution in [1.29, 1.82) is 0 Å². The molecule has 24 heavy (non-hydrogen) atoms. The van der Waals surface area contributed by atoms with Gasteiger partial charge in [-0.3, -0.25) is 15.8 Å². The minimum atomic E-state index is 0.274. The van der Waals surface area contributed by atoms with Crippen molar-refractivity contribution in [2.75, 3.05) is 13.6 Å². The third kappa shape index (κ3) is 4.23. The van der Waals surface area contributed by atoms with Gasteiger partial charge < -0.3 is 4.52 Å². The average Bonchev–Trinajstić information content (AvgIpc) is 3.17. The summed E-state index contributed by atoms with van der Waals surface area (Å²) in [6.07, 6.45) is 1.14. The van der Waals surface area contributed by atoms with Gasteiger partial charge in [0, 0.05) is 30.3 Å². The van der Waals surface area contributed by atoms with Crippen molar-refractivity contribution in [2.45, 2.75) is 45.8 Å². The van der Waals surface area contributed by atoms with Gasteiger partial charge in [0.05, 0.1) is 6.54 Å². The Balaban J connectivity index is 1.53. The second-order valence-electron chi connectivity index (χ2n) is 7.88. The second kappa shape index (κ2) is 7.05. The van der Waals surface area contributed by atoms with Gasteiger partial charge in [0.1, 0.15) is 5.69 Å². The van der Waals surface area contributed by atoms with E-state index in [0.717, 1.165) is 36.5 Å². The summed E-state index contributed by atoms with van der Waals surface area (Å²) in [6, 6.07) is 13.1. The lowest BCUT2D eigenvalue weighted by atomic mass is 9.84. The largest absolute Gasteiger partial charge is 0.359 e. The molecule has 1 fully saturated rings. The second-order valence-corrected chi connectivity index (χ2v) is 7.88. The molecule has 1 aromatic heterocycles. The lowest BCUT2D eigenvalue weighted by Crippen LogP contribution is -2.41. The first kappa shape index (κ1) is 17.1. The highest BCUT2D eigenvalue weighted by Crippen LogP contribution is 2.25. The number of nitrogens with one attached hydrogen (secondary N) is 2. The summed E-state index contributed by atoms with van der Waals surface area (Å²) in [4.78, 5) is 2.28. The Labute approximate surface area is 144 Å². The molecule has 1 aromatic carbocycles. The van der Waals surface area contributed by atoms with Crippen LogP contribution in [0, 0.1) is 5.41 Å². The fraction of sp³-hybridized carbons (Fsp3) is 0.526. The van der Waals surface area contributed by atoms with Crippen LogP contribution in [-0.2, 0) is 6.54 Å². The van der Waals surface area contributed by atoms with Gasteiger partial charge in [0.15, 0.2) is 5.76 Å². The smallest absolute Gasteiger partial charge is 0.151 e. The van der Waals surface area contributed by atoms with Crippen molar-refractivity contribution in [3.8, 4) is 11.3 Å². The molecule has 2 N–H and O–H groups in total. The molecule has 2 heterocycles. The number of hydrazine groups is 1. The van der Waals surface area contributed by atoms with Crippen LogP contribution in [-0.4, -0.2) is 35.7 Å². The van der Waals surface area contributed by atoms with Crippen molar-refractivity contribution in [2.24, 2.45) is 5.41 Å². The van der Waals surface area contributed by atoms with Crippen LogP contribution in [0.15, 0.2) is 40.9 Å². The molecular weight excluding hydrogens is 300 g/mol. The Morgan fingerprint density at radius 1 is 1.21 bits per heavy atom. The monoisotopic (exact) mass is 328 g/mol. The molecule has 0 amide bonds. The standard InChI is InChI=1S/C19H28N4O/c1-19(2,3)18-10-15(20-21-18)12-23(4)13-16-11-17(22-24-16)14-8-6-5-7-9-14/h5-9,11,15,18,20-21H,10,12-13H2,1-4H3. The van der Waals surface area contributed by atoms with Gasteiger partial charge >= 0.3 is 0 Å². The van der Waals surface area contributed by atoms with Crippen molar-refractivity contribution >= 4 is 0 Å². The Morgan fingerprint density at radius 3 is 2.62 bits per heavy atom. The van der Waals surface area contributed by atoms with E-state index in [2.05, 4.69) is 48.7 Å². The van der Waals surface area contributed by atoms with Crippen LogP contribution >= 0.6 is 0 Å². The highest BCUT2D eigenvalue weighted by atomic mass is 16.5. The molecule has 2 atom stereocenters. The van der Waals surface area contributed by atoms with Crippen LogP contribution in [0.3, 0.4) is 0 Å². The molecule has 5 nitrogen and oxygen atoms in total. The minimum absolute atomic E-state index is 0.274. The van der Waals surface area contributed by atoms with Gasteiger partial charge in [-0.1, -0.05) is 56.3 Å². The Kier molecular flexibility index (Phi) is 5.04. The van der Waals surface area contributed by atoms with E-state index in [9.17, 15) is 0 Å². The van der Waals surface area contributed by atoms with E-state index >= 15 is 0 Å². The van der Waals surface area contributed by atoms with E-state index in [-0.39, 0.29) is 5.41 Å². The number of likely N-dealkylation sites (N-methyl/N-ethyl adjacent to an activating group) is 1. The van der Waals surface area contributed by atoms with Gasteiger partial charge in [-0.05, 0) is 18.9 Å². The fourth-order valence-corrected chi connectivity index (χ4v) is 3.15. The first-order chi connectivity index (χ1) is 11.4. The Morgan fingerprint density at radius 2 is 1.96 bits per heavy atom. The first-order valence-electron chi connectivity index (χ1n) is 8.62. The molecule has 0 spiro atoms. The van der Waals surface area contributed by atoms with Gasteiger partial charge in [0.25, 0.3) is 0 Å². The number of hydrogen-bond donors (Lipinski definition) is 2. The molecule has 2 aromatic rings. The van der Waals surface area contributed by atoms with E-state index in [1.165, 1.54) is 0 Å². The maximum Gasteiger partial charge on any atom is 0.151 e. The van der Waals surface area contributed by atoms with Crippen LogP contribution in [0.25, 0.3) is 11.3 Å². The summed E-state index contributed by atoms with van der Waals surface area (Å²) < 4.78 is 5.50. The molecular formula is C19H28N4O. The van der Waals surface area contributed by atoms with E-state index < -0.39 is 0 Å². The number of nitrogens with zero attached hydrogens (tertiary/aromatic N) is 2. The summed E-state index contributed by atoms with van der Waals surface area (Å²) in [5, 5.41) is 4.19. The number of rotatable bonds is 5. The zero-order valence-corrected chi connectivity index (χ0v) is 15.0. The predicted octanol–water partition coefficient (Wildman–Crippen LogP) is 3.05. The van der Waals surface area contributed by atoms with Gasteiger partial charge in [-0.2, -0.15) is 0 Å². The van der Waals surface area contributed by atoms with E-state index in [1.54, 1.807) is 0 Å². The number of hydrogen-bond acceptors (Lipinski definition) is 5. The molecule has 5 heteroatoms. The lowest BCUT2D eigenvalue weighted by Gasteiger charge is -2.26. The minimum Gasteiger partial charge on any atom is -0.359 e. The van der Waals surface area contributed by atoms with Gasteiger partial charge in [-0.15, -0.1) is 0 Å². The van der Waals surface area contributed by atoms with Crippen LogP contribution in [0.1, 0.15) is 33.0 Å². The molecule has 0 saturated carbocycles. The van der Waals surface area contributed by atoms with E-state index in [4.69, 9.17) is 4.52 Å². The van der Waals surface area contributed by atoms with Gasteiger partial charge in [-0.25, -0.2) is 0 Å². The summed E-state index contributed by atoms with van der Waals surface area (Å²) in [5.41, 5.74) is 9.11. The first-order valence-corrected chi connectivity index (χ1v) is 8.62. The molecule has 130 valence electrons. The number of benzene rings is 1. The quantitative estimate of drug-likeness (QED) is 0.883. The fourth-order valence-electron chi connectivity index (χ4n) is 3.15. The predicted molar refractivity (Wildman–Crippen MR) is 96.2 cm³/mol. The molecule has 1 aliphatic rings. The molecule has 2 unspecified atom stereocenters. The van der Waals surface area contributed by atoms with E-state index in [0.29, 0.717) is 12.1 Å². The van der Waals surface area contributed by atoms with Crippen molar-refractivity contribution in [3.63, 3.8) is 0 Å². The molecule has 0 bridgehead atoms. The maximum absolute atomic E-state index is 5.50. The topological polar surface area (TPSA) is 53.3 Å². The van der Waals surface area contributed by atoms with Crippen LogP contribution in [0.5, 0.6) is 0 Å². The summed E-state index contributed by atoms with van der Waals surface area (Å²) in [6.45, 7) is 8.56. The highest BCUT2D eigenvalue weighted by molar-refractivity contribution is 5.58. The van der Waals surface area contributed by atoms with Gasteiger partial charge in [0.2, 0.25) is 0 Å². The molecule has 1 aliphatic heterocycles. The molecule has 0 aliphatic carbocycles. The lowest BCUT2D eigenvalue weighted by molar-refractivity contribution is 0.249. The molecule has 1 saturated heterocycles. The zero-order chi connectivity index (χ0) is 17.2. The normalized spacial score (nSPS) is 21.5. The molecule has 0 radical (unpaired) electrons. The molecule has 3 rings (SSSR count). The SMILES string of the molecule is CN(Cc1cc(-c2ccccc2)no1)CC1CC(C(C)(C)C)NN1. The van der Waals surface area contributed by atoms with Crippen LogP contribution in [0.4, 0.5) is 0 Å². The summed E-state index contributed by atoms with van der Waals surface area (Å²) in [5.74, 6) is 0.898. The van der Waals surface area contributed by atoms with E-state index in [1.807, 2.05) is 36.4 Å².